The second-order valence-corrected chi connectivity index (χ2v) is 8.52. The Hall–Kier alpha value is -2.63. The van der Waals surface area contributed by atoms with E-state index in [0.29, 0.717) is 35.3 Å². The van der Waals surface area contributed by atoms with Crippen molar-refractivity contribution < 1.29 is 14.3 Å². The zero-order valence-corrected chi connectivity index (χ0v) is 17.6. The molecule has 6 nitrogen and oxygen atoms in total. The quantitative estimate of drug-likeness (QED) is 0.783. The van der Waals surface area contributed by atoms with Gasteiger partial charge in [-0.15, -0.1) is 0 Å². The summed E-state index contributed by atoms with van der Waals surface area (Å²) < 4.78 is 10.8. The fraction of sp³-hybridized carbons (Fsp3) is 0.522. The third kappa shape index (κ3) is 3.93. The maximum Gasteiger partial charge on any atom is 0.225 e. The number of carbonyl (C=O) groups is 1. The number of anilines is 1. The molecule has 2 aliphatic rings. The number of methoxy groups -OCH3 is 2. The summed E-state index contributed by atoms with van der Waals surface area (Å²) in [6.07, 6.45) is 4.16. The van der Waals surface area contributed by atoms with E-state index in [4.69, 9.17) is 14.5 Å². The van der Waals surface area contributed by atoms with Crippen molar-refractivity contribution in [3.8, 4) is 11.5 Å². The summed E-state index contributed by atoms with van der Waals surface area (Å²) in [7, 11) is 3.25. The van der Waals surface area contributed by atoms with Crippen LogP contribution in [-0.4, -0.2) is 43.1 Å². The van der Waals surface area contributed by atoms with E-state index in [1.54, 1.807) is 20.4 Å². The molecular formula is C23H29N3O3. The molecule has 3 atom stereocenters. The summed E-state index contributed by atoms with van der Waals surface area (Å²) in [6.45, 7) is 6.49. The highest BCUT2D eigenvalue weighted by molar-refractivity contribution is 5.98. The van der Waals surface area contributed by atoms with E-state index in [0.717, 1.165) is 36.7 Å². The van der Waals surface area contributed by atoms with E-state index in [2.05, 4.69) is 23.7 Å². The molecular weight excluding hydrogens is 366 g/mol. The van der Waals surface area contributed by atoms with Crippen LogP contribution in [-0.2, 0) is 6.42 Å². The van der Waals surface area contributed by atoms with Crippen molar-refractivity contribution in [2.45, 2.75) is 39.0 Å². The first kappa shape index (κ1) is 19.7. The molecule has 0 spiro atoms. The molecule has 6 heteroatoms. The summed E-state index contributed by atoms with van der Waals surface area (Å²) in [5.74, 6) is 3.57. The minimum absolute atomic E-state index is 0.0803. The molecule has 29 heavy (non-hydrogen) atoms. The average Bonchev–Trinajstić information content (AvgIpc) is 2.72. The Morgan fingerprint density at radius 2 is 1.76 bits per heavy atom. The third-order valence-corrected chi connectivity index (χ3v) is 6.06. The Morgan fingerprint density at radius 3 is 2.45 bits per heavy atom. The van der Waals surface area contributed by atoms with Crippen molar-refractivity contribution in [1.82, 2.24) is 9.97 Å². The molecule has 0 bridgehead atoms. The van der Waals surface area contributed by atoms with E-state index in [1.807, 2.05) is 18.2 Å². The van der Waals surface area contributed by atoms with Gasteiger partial charge in [0.05, 0.1) is 25.5 Å². The molecule has 1 aliphatic heterocycles. The van der Waals surface area contributed by atoms with Crippen LogP contribution < -0.4 is 14.4 Å². The molecule has 2 heterocycles. The number of benzene rings is 1. The second-order valence-electron chi connectivity index (χ2n) is 8.52. The first-order valence-electron chi connectivity index (χ1n) is 10.3. The lowest BCUT2D eigenvalue weighted by molar-refractivity contribution is 0.0962. The molecule has 0 N–H and O–H groups in total. The van der Waals surface area contributed by atoms with Crippen LogP contribution in [0.25, 0.3) is 0 Å². The van der Waals surface area contributed by atoms with Gasteiger partial charge in [0.15, 0.2) is 17.3 Å². The fourth-order valence-corrected chi connectivity index (χ4v) is 4.76. The van der Waals surface area contributed by atoms with Gasteiger partial charge in [-0.2, -0.15) is 0 Å². The number of hydrogen-bond donors (Lipinski definition) is 0. The number of Topliss-reactive ketones (excluding diaryl/α,β-unsaturated/α-hetero) is 1. The molecule has 0 saturated carbocycles. The number of hydrogen-bond acceptors (Lipinski definition) is 6. The van der Waals surface area contributed by atoms with Gasteiger partial charge in [-0.25, -0.2) is 9.97 Å². The molecule has 4 rings (SSSR count). The van der Waals surface area contributed by atoms with Crippen LogP contribution in [0.2, 0.25) is 0 Å². The van der Waals surface area contributed by atoms with Gasteiger partial charge in [0.1, 0.15) is 0 Å². The Labute approximate surface area is 172 Å². The maximum absolute atomic E-state index is 12.8. The van der Waals surface area contributed by atoms with Crippen molar-refractivity contribution in [3.63, 3.8) is 0 Å². The summed E-state index contributed by atoms with van der Waals surface area (Å²) in [5.41, 5.74) is 2.60. The molecule has 1 saturated heterocycles. The number of fused-ring (bicyclic) bond motifs is 1. The SMILES string of the molecule is COc1ccc([C@@H]2CC(=O)c3cnc(N4C[C@@H](C)C[C@H](C)C4)nc3C2)cc1OC. The zero-order chi connectivity index (χ0) is 20.5. The Bertz CT molecular complexity index is 904. The van der Waals surface area contributed by atoms with E-state index in [-0.39, 0.29) is 11.7 Å². The van der Waals surface area contributed by atoms with Gasteiger partial charge in [0.25, 0.3) is 0 Å². The number of aromatic nitrogens is 2. The van der Waals surface area contributed by atoms with Crippen LogP contribution in [0.3, 0.4) is 0 Å². The van der Waals surface area contributed by atoms with E-state index >= 15 is 0 Å². The highest BCUT2D eigenvalue weighted by Gasteiger charge is 2.30. The minimum Gasteiger partial charge on any atom is -0.493 e. The summed E-state index contributed by atoms with van der Waals surface area (Å²) in [4.78, 5) is 24.4. The second kappa shape index (κ2) is 8.01. The molecule has 1 aromatic carbocycles. The Morgan fingerprint density at radius 1 is 1.03 bits per heavy atom. The number of ether oxygens (including phenoxy) is 2. The minimum atomic E-state index is 0.0803. The first-order chi connectivity index (χ1) is 14.0. The molecule has 1 aromatic heterocycles. The number of carbonyl (C=O) groups excluding carboxylic acids is 1. The summed E-state index contributed by atoms with van der Waals surface area (Å²) in [6, 6.07) is 5.88. The lowest BCUT2D eigenvalue weighted by atomic mass is 9.82. The van der Waals surface area contributed by atoms with E-state index in [9.17, 15) is 4.79 Å². The zero-order valence-electron chi connectivity index (χ0n) is 17.6. The van der Waals surface area contributed by atoms with Gasteiger partial charge in [-0.3, -0.25) is 4.79 Å². The van der Waals surface area contributed by atoms with Gasteiger partial charge >= 0.3 is 0 Å². The van der Waals surface area contributed by atoms with Crippen molar-refractivity contribution >= 4 is 11.7 Å². The molecule has 1 fully saturated rings. The lowest BCUT2D eigenvalue weighted by Crippen LogP contribution is -2.40. The van der Waals surface area contributed by atoms with Gasteiger partial charge in [-0.05, 0) is 48.3 Å². The highest BCUT2D eigenvalue weighted by Crippen LogP contribution is 2.37. The molecule has 154 valence electrons. The lowest BCUT2D eigenvalue weighted by Gasteiger charge is -2.35. The number of ketones is 1. The number of rotatable bonds is 4. The Kier molecular flexibility index (Phi) is 5.43. The van der Waals surface area contributed by atoms with Crippen LogP contribution in [0.15, 0.2) is 24.4 Å². The van der Waals surface area contributed by atoms with Gasteiger partial charge in [0, 0.05) is 25.7 Å². The normalized spacial score (nSPS) is 24.2. The predicted octanol–water partition coefficient (Wildman–Crippen LogP) is 3.89. The summed E-state index contributed by atoms with van der Waals surface area (Å²) in [5, 5.41) is 0. The van der Waals surface area contributed by atoms with Gasteiger partial charge in [-0.1, -0.05) is 19.9 Å². The molecule has 0 amide bonds. The van der Waals surface area contributed by atoms with Crippen LogP contribution in [0, 0.1) is 11.8 Å². The maximum atomic E-state index is 12.8. The van der Waals surface area contributed by atoms with Gasteiger partial charge in [0.2, 0.25) is 5.95 Å². The fourth-order valence-electron chi connectivity index (χ4n) is 4.76. The Balaban J connectivity index is 1.62. The van der Waals surface area contributed by atoms with Crippen molar-refractivity contribution in [2.75, 3.05) is 32.2 Å². The molecule has 2 aromatic rings. The largest absolute Gasteiger partial charge is 0.493 e. The van der Waals surface area contributed by atoms with E-state index < -0.39 is 0 Å². The molecule has 0 radical (unpaired) electrons. The molecule has 1 aliphatic carbocycles. The smallest absolute Gasteiger partial charge is 0.225 e. The number of nitrogens with zero attached hydrogens (tertiary/aromatic N) is 3. The standard InChI is InChI=1S/C23H29N3O3/c1-14-7-15(2)13-26(12-14)23-24-11-18-19(25-23)8-17(9-20(18)27)16-5-6-21(28-3)22(10-16)29-4/h5-6,10-11,14-15,17H,7-9,12-13H2,1-4H3/t14-,15-,17-/m0/s1. The van der Waals surface area contributed by atoms with Crippen LogP contribution >= 0.6 is 0 Å². The van der Waals surface area contributed by atoms with Gasteiger partial charge < -0.3 is 14.4 Å². The van der Waals surface area contributed by atoms with Crippen LogP contribution in [0.5, 0.6) is 11.5 Å². The van der Waals surface area contributed by atoms with Crippen molar-refractivity contribution in [2.24, 2.45) is 11.8 Å². The highest BCUT2D eigenvalue weighted by atomic mass is 16.5. The molecule has 0 unspecified atom stereocenters. The van der Waals surface area contributed by atoms with Crippen molar-refractivity contribution in [1.29, 1.82) is 0 Å². The van der Waals surface area contributed by atoms with Crippen molar-refractivity contribution in [3.05, 3.63) is 41.2 Å². The van der Waals surface area contributed by atoms with Crippen LogP contribution in [0.1, 0.15) is 54.2 Å². The average molecular weight is 396 g/mol. The van der Waals surface area contributed by atoms with E-state index in [1.165, 1.54) is 6.42 Å². The number of piperidine rings is 1. The monoisotopic (exact) mass is 395 g/mol. The summed E-state index contributed by atoms with van der Waals surface area (Å²) >= 11 is 0. The first-order valence-corrected chi connectivity index (χ1v) is 10.3. The topological polar surface area (TPSA) is 64.5 Å². The predicted molar refractivity (Wildman–Crippen MR) is 112 cm³/mol. The third-order valence-electron chi connectivity index (χ3n) is 6.06. The van der Waals surface area contributed by atoms with Crippen LogP contribution in [0.4, 0.5) is 5.95 Å².